The molecule has 0 spiro atoms. The summed E-state index contributed by atoms with van der Waals surface area (Å²) < 4.78 is 5.26. The first-order valence-corrected chi connectivity index (χ1v) is 7.60. The molecule has 1 rings (SSSR count). The van der Waals surface area contributed by atoms with Crippen molar-refractivity contribution >= 4 is 0 Å². The highest BCUT2D eigenvalue weighted by atomic mass is 16.5. The van der Waals surface area contributed by atoms with Gasteiger partial charge in [0.1, 0.15) is 0 Å². The molecule has 0 aromatic rings. The zero-order chi connectivity index (χ0) is 13.4. The summed E-state index contributed by atoms with van der Waals surface area (Å²) in [6, 6.07) is 0.512. The van der Waals surface area contributed by atoms with E-state index in [0.717, 1.165) is 26.2 Å². The van der Waals surface area contributed by atoms with Crippen LogP contribution in [-0.4, -0.2) is 44.3 Å². The molecule has 0 aliphatic heterocycles. The summed E-state index contributed by atoms with van der Waals surface area (Å²) in [6.07, 6.45) is 8.07. The fraction of sp³-hybridized carbons (Fsp3) is 1.00. The second-order valence-electron chi connectivity index (χ2n) is 5.95. The van der Waals surface area contributed by atoms with E-state index in [9.17, 15) is 0 Å². The number of rotatable bonds is 8. The standard InChI is InChI=1S/C15H32N2O/c1-4-17(14(2)12-18-3)11-10-15(13-16)8-6-5-7-9-15/h14H,4-13,16H2,1-3H3. The minimum Gasteiger partial charge on any atom is -0.383 e. The molecule has 0 aromatic heterocycles. The number of methoxy groups -OCH3 is 1. The van der Waals surface area contributed by atoms with E-state index in [4.69, 9.17) is 10.5 Å². The molecule has 1 aliphatic rings. The van der Waals surface area contributed by atoms with Crippen molar-refractivity contribution in [1.82, 2.24) is 4.90 Å². The van der Waals surface area contributed by atoms with Crippen molar-refractivity contribution < 1.29 is 4.74 Å². The van der Waals surface area contributed by atoms with E-state index in [2.05, 4.69) is 18.7 Å². The summed E-state index contributed by atoms with van der Waals surface area (Å²) in [5, 5.41) is 0. The van der Waals surface area contributed by atoms with Crippen LogP contribution in [0.1, 0.15) is 52.4 Å². The molecule has 1 atom stereocenters. The zero-order valence-corrected chi connectivity index (χ0v) is 12.6. The SMILES string of the molecule is CCN(CCC1(CN)CCCCC1)C(C)COC. The smallest absolute Gasteiger partial charge is 0.0615 e. The maximum atomic E-state index is 6.06. The van der Waals surface area contributed by atoms with Gasteiger partial charge in [0.05, 0.1) is 6.61 Å². The van der Waals surface area contributed by atoms with Gasteiger partial charge in [0.25, 0.3) is 0 Å². The van der Waals surface area contributed by atoms with E-state index < -0.39 is 0 Å². The van der Waals surface area contributed by atoms with Crippen LogP contribution in [0, 0.1) is 5.41 Å². The van der Waals surface area contributed by atoms with Gasteiger partial charge in [0.15, 0.2) is 0 Å². The summed E-state index contributed by atoms with van der Waals surface area (Å²) in [5.74, 6) is 0. The number of nitrogens with two attached hydrogens (primary N) is 1. The van der Waals surface area contributed by atoms with Crippen molar-refractivity contribution in [2.75, 3.05) is 33.4 Å². The Hall–Kier alpha value is -0.120. The lowest BCUT2D eigenvalue weighted by atomic mass is 9.72. The van der Waals surface area contributed by atoms with Gasteiger partial charge in [0, 0.05) is 13.2 Å². The van der Waals surface area contributed by atoms with Crippen molar-refractivity contribution in [2.45, 2.75) is 58.4 Å². The Morgan fingerprint density at radius 2 is 1.94 bits per heavy atom. The highest BCUT2D eigenvalue weighted by molar-refractivity contribution is 4.85. The van der Waals surface area contributed by atoms with Crippen LogP contribution in [0.15, 0.2) is 0 Å². The van der Waals surface area contributed by atoms with Gasteiger partial charge in [0.2, 0.25) is 0 Å². The Morgan fingerprint density at radius 1 is 1.28 bits per heavy atom. The molecule has 0 aromatic carbocycles. The van der Waals surface area contributed by atoms with E-state index in [0.29, 0.717) is 11.5 Å². The van der Waals surface area contributed by atoms with E-state index in [1.807, 2.05) is 0 Å². The molecule has 0 saturated heterocycles. The van der Waals surface area contributed by atoms with Gasteiger partial charge in [-0.25, -0.2) is 0 Å². The average molecular weight is 256 g/mol. The first-order valence-electron chi connectivity index (χ1n) is 7.60. The van der Waals surface area contributed by atoms with Crippen LogP contribution in [-0.2, 0) is 4.74 Å². The third-order valence-electron chi connectivity index (χ3n) is 4.71. The molecule has 18 heavy (non-hydrogen) atoms. The van der Waals surface area contributed by atoms with Crippen LogP contribution in [0.2, 0.25) is 0 Å². The molecule has 0 bridgehead atoms. The highest BCUT2D eigenvalue weighted by Crippen LogP contribution is 2.38. The minimum absolute atomic E-state index is 0.429. The predicted octanol–water partition coefficient (Wildman–Crippen LogP) is 2.64. The lowest BCUT2D eigenvalue weighted by Crippen LogP contribution is -2.41. The first-order chi connectivity index (χ1) is 8.67. The van der Waals surface area contributed by atoms with Crippen molar-refractivity contribution in [1.29, 1.82) is 0 Å². The summed E-state index contributed by atoms with van der Waals surface area (Å²) in [4.78, 5) is 2.52. The number of likely N-dealkylation sites (N-methyl/N-ethyl adjacent to an activating group) is 1. The van der Waals surface area contributed by atoms with Crippen molar-refractivity contribution in [2.24, 2.45) is 11.1 Å². The second kappa shape index (κ2) is 8.13. The molecular formula is C15H32N2O. The Labute approximate surface area is 113 Å². The summed E-state index contributed by atoms with van der Waals surface area (Å²) in [7, 11) is 1.78. The highest BCUT2D eigenvalue weighted by Gasteiger charge is 2.31. The van der Waals surface area contributed by atoms with Gasteiger partial charge in [-0.05, 0) is 51.2 Å². The molecule has 0 radical (unpaired) electrons. The van der Waals surface area contributed by atoms with Gasteiger partial charge < -0.3 is 10.5 Å². The van der Waals surface area contributed by atoms with E-state index >= 15 is 0 Å². The summed E-state index contributed by atoms with van der Waals surface area (Å²) in [5.41, 5.74) is 6.49. The molecule has 0 heterocycles. The molecular weight excluding hydrogens is 224 g/mol. The van der Waals surface area contributed by atoms with Gasteiger partial charge in [-0.2, -0.15) is 0 Å². The molecule has 0 amide bonds. The average Bonchev–Trinajstić information content (AvgIpc) is 2.41. The van der Waals surface area contributed by atoms with E-state index in [-0.39, 0.29) is 0 Å². The summed E-state index contributed by atoms with van der Waals surface area (Å²) in [6.45, 7) is 8.45. The van der Waals surface area contributed by atoms with Crippen molar-refractivity contribution in [3.8, 4) is 0 Å². The Kier molecular flexibility index (Phi) is 7.20. The maximum absolute atomic E-state index is 6.06. The van der Waals surface area contributed by atoms with Gasteiger partial charge >= 0.3 is 0 Å². The molecule has 3 nitrogen and oxygen atoms in total. The fourth-order valence-electron chi connectivity index (χ4n) is 3.28. The van der Waals surface area contributed by atoms with Gasteiger partial charge in [-0.1, -0.05) is 26.2 Å². The molecule has 1 fully saturated rings. The second-order valence-corrected chi connectivity index (χ2v) is 5.95. The number of hydrogen-bond donors (Lipinski definition) is 1. The van der Waals surface area contributed by atoms with Crippen LogP contribution in [0.3, 0.4) is 0 Å². The molecule has 3 heteroatoms. The van der Waals surface area contributed by atoms with Gasteiger partial charge in [-0.3, -0.25) is 4.90 Å². The van der Waals surface area contributed by atoms with Crippen LogP contribution in [0.4, 0.5) is 0 Å². The summed E-state index contributed by atoms with van der Waals surface area (Å²) >= 11 is 0. The monoisotopic (exact) mass is 256 g/mol. The predicted molar refractivity (Wildman–Crippen MR) is 77.8 cm³/mol. The third-order valence-corrected chi connectivity index (χ3v) is 4.71. The van der Waals surface area contributed by atoms with Crippen LogP contribution in [0.25, 0.3) is 0 Å². The fourth-order valence-corrected chi connectivity index (χ4v) is 3.28. The Balaban J connectivity index is 2.44. The first kappa shape index (κ1) is 15.9. The number of nitrogens with zero attached hydrogens (tertiary/aromatic N) is 1. The largest absolute Gasteiger partial charge is 0.383 e. The molecule has 108 valence electrons. The quantitative estimate of drug-likeness (QED) is 0.725. The Morgan fingerprint density at radius 3 is 2.44 bits per heavy atom. The lowest BCUT2D eigenvalue weighted by Gasteiger charge is -2.39. The number of hydrogen-bond acceptors (Lipinski definition) is 3. The zero-order valence-electron chi connectivity index (χ0n) is 12.6. The van der Waals surface area contributed by atoms with Crippen molar-refractivity contribution in [3.05, 3.63) is 0 Å². The van der Waals surface area contributed by atoms with Crippen LogP contribution < -0.4 is 5.73 Å². The molecule has 1 unspecified atom stereocenters. The van der Waals surface area contributed by atoms with Crippen LogP contribution >= 0.6 is 0 Å². The number of ether oxygens (including phenoxy) is 1. The van der Waals surface area contributed by atoms with Crippen LogP contribution in [0.5, 0.6) is 0 Å². The maximum Gasteiger partial charge on any atom is 0.0615 e. The van der Waals surface area contributed by atoms with Gasteiger partial charge in [-0.15, -0.1) is 0 Å². The normalized spacial score (nSPS) is 21.2. The third kappa shape index (κ3) is 4.52. The Bertz CT molecular complexity index is 215. The topological polar surface area (TPSA) is 38.5 Å². The van der Waals surface area contributed by atoms with E-state index in [1.54, 1.807) is 7.11 Å². The lowest BCUT2D eigenvalue weighted by molar-refractivity contribution is 0.0820. The molecule has 1 aliphatic carbocycles. The molecule has 1 saturated carbocycles. The van der Waals surface area contributed by atoms with E-state index in [1.165, 1.54) is 38.5 Å². The van der Waals surface area contributed by atoms with Crippen molar-refractivity contribution in [3.63, 3.8) is 0 Å². The minimum atomic E-state index is 0.429. The molecule has 2 N–H and O–H groups in total.